The summed E-state index contributed by atoms with van der Waals surface area (Å²) in [6, 6.07) is 6.43. The number of nitrogens with zero attached hydrogens (tertiary/aromatic N) is 7. The van der Waals surface area contributed by atoms with Crippen LogP contribution in [0.15, 0.2) is 47.8 Å². The Morgan fingerprint density at radius 3 is 2.92 bits per heavy atom. The molecule has 1 amide bonds. The summed E-state index contributed by atoms with van der Waals surface area (Å²) in [5.41, 5.74) is 1.17. The molecule has 1 N–H and O–H groups in total. The van der Waals surface area contributed by atoms with Gasteiger partial charge in [-0.2, -0.15) is 13.9 Å². The van der Waals surface area contributed by atoms with Gasteiger partial charge in [0.05, 0.1) is 12.7 Å². The van der Waals surface area contributed by atoms with Crippen molar-refractivity contribution in [1.29, 1.82) is 0 Å². The number of halogens is 3. The minimum absolute atomic E-state index is 0.0967. The van der Waals surface area contributed by atoms with E-state index < -0.39 is 12.5 Å². The number of carbonyl (C=O) groups is 1. The summed E-state index contributed by atoms with van der Waals surface area (Å²) in [5.74, 6) is -0.555. The van der Waals surface area contributed by atoms with Gasteiger partial charge in [0.1, 0.15) is 22.0 Å². The van der Waals surface area contributed by atoms with Crippen LogP contribution in [0.25, 0.3) is 16.9 Å². The summed E-state index contributed by atoms with van der Waals surface area (Å²) >= 11 is 7.51. The normalized spacial score (nSPS) is 14.3. The van der Waals surface area contributed by atoms with Crippen LogP contribution in [0.2, 0.25) is 5.02 Å². The number of thiazole rings is 1. The van der Waals surface area contributed by atoms with Crippen molar-refractivity contribution in [3.8, 4) is 17.0 Å². The Kier molecular flexibility index (Phi) is 8.52. The lowest BCUT2D eigenvalue weighted by atomic mass is 10.0. The number of fused-ring (bicyclic) bond motifs is 1. The molecule has 0 radical (unpaired) electrons. The second-order valence-corrected chi connectivity index (χ2v) is 10.7. The van der Waals surface area contributed by atoms with Crippen LogP contribution in [-0.4, -0.2) is 83.0 Å². The van der Waals surface area contributed by atoms with Gasteiger partial charge in [-0.3, -0.25) is 9.79 Å². The Labute approximate surface area is 238 Å². The number of nitrogens with one attached hydrogen (secondary N) is 1. The summed E-state index contributed by atoms with van der Waals surface area (Å²) in [4.78, 5) is 30.8. The molecule has 1 fully saturated rings. The zero-order valence-corrected chi connectivity index (χ0v) is 23.2. The molecule has 0 saturated carbocycles. The highest BCUT2D eigenvalue weighted by Crippen LogP contribution is 2.43. The highest BCUT2D eigenvalue weighted by Gasteiger charge is 2.28. The molecule has 3 aromatic heterocycles. The van der Waals surface area contributed by atoms with Gasteiger partial charge in [0.15, 0.2) is 10.8 Å². The van der Waals surface area contributed by atoms with Crippen molar-refractivity contribution in [2.24, 2.45) is 4.99 Å². The minimum atomic E-state index is -3.05. The topological polar surface area (TPSA) is 100 Å². The van der Waals surface area contributed by atoms with E-state index in [1.807, 2.05) is 0 Å². The Hall–Kier alpha value is -3.68. The molecule has 0 unspecified atom stereocenters. The van der Waals surface area contributed by atoms with Crippen molar-refractivity contribution >= 4 is 51.3 Å². The molecule has 1 aliphatic heterocycles. The summed E-state index contributed by atoms with van der Waals surface area (Å²) in [7, 11) is 2.08. The summed E-state index contributed by atoms with van der Waals surface area (Å²) < 4.78 is 32.8. The first-order chi connectivity index (χ1) is 19.3. The summed E-state index contributed by atoms with van der Waals surface area (Å²) in [5, 5.41) is 8.41. The number of aromatic nitrogens is 4. The van der Waals surface area contributed by atoms with E-state index in [2.05, 4.69) is 44.0 Å². The third-order valence-corrected chi connectivity index (χ3v) is 8.02. The highest BCUT2D eigenvalue weighted by molar-refractivity contribution is 7.20. The van der Waals surface area contributed by atoms with E-state index >= 15 is 0 Å². The van der Waals surface area contributed by atoms with Crippen LogP contribution < -0.4 is 15.0 Å². The standard InChI is InChI=1S/C26H27ClF2N8O2S/c1-30-9-13-35(2)17-6-11-36(12-7-17)26-33-21(18-14-16(27)4-5-20(18)39-25(28)29)24(40-26)34-23(38)19-15-32-37-10-3-8-31-22(19)37/h3-5,8,10,14-15,17,25H,1,6-7,9,11-13H2,2H3,(H,34,38). The smallest absolute Gasteiger partial charge is 0.387 e. The second-order valence-electron chi connectivity index (χ2n) is 9.24. The Bertz CT molecular complexity index is 1510. The average Bonchev–Trinajstić information content (AvgIpc) is 3.57. The number of anilines is 2. The number of carbonyl (C=O) groups excluding carboxylic acids is 1. The predicted molar refractivity (Wildman–Crippen MR) is 152 cm³/mol. The number of alkyl halides is 2. The van der Waals surface area contributed by atoms with Gasteiger partial charge >= 0.3 is 6.61 Å². The van der Waals surface area contributed by atoms with E-state index in [1.54, 1.807) is 18.5 Å². The largest absolute Gasteiger partial charge is 0.434 e. The maximum atomic E-state index is 13.4. The Morgan fingerprint density at radius 1 is 1.38 bits per heavy atom. The van der Waals surface area contributed by atoms with Crippen LogP contribution in [0.5, 0.6) is 5.75 Å². The minimum Gasteiger partial charge on any atom is -0.434 e. The second kappa shape index (κ2) is 12.2. The molecule has 40 heavy (non-hydrogen) atoms. The van der Waals surface area contributed by atoms with Crippen LogP contribution in [-0.2, 0) is 0 Å². The van der Waals surface area contributed by atoms with Crippen molar-refractivity contribution in [2.75, 3.05) is 43.4 Å². The number of hydrogen-bond donors (Lipinski definition) is 1. The van der Waals surface area contributed by atoms with Crippen molar-refractivity contribution in [1.82, 2.24) is 24.5 Å². The molecule has 4 aromatic rings. The summed E-state index contributed by atoms with van der Waals surface area (Å²) in [6.45, 7) is 3.51. The van der Waals surface area contributed by atoms with Crippen LogP contribution in [0.1, 0.15) is 23.2 Å². The predicted octanol–water partition coefficient (Wildman–Crippen LogP) is 4.96. The number of amides is 1. The van der Waals surface area contributed by atoms with E-state index in [4.69, 9.17) is 21.3 Å². The van der Waals surface area contributed by atoms with Gasteiger partial charge in [-0.05, 0) is 50.9 Å². The summed E-state index contributed by atoms with van der Waals surface area (Å²) in [6.07, 6.45) is 6.50. The Morgan fingerprint density at radius 2 is 2.17 bits per heavy atom. The molecule has 10 nitrogen and oxygen atoms in total. The molecule has 4 heterocycles. The number of piperidine rings is 1. The van der Waals surface area contributed by atoms with Crippen molar-refractivity contribution in [3.05, 3.63) is 53.4 Å². The van der Waals surface area contributed by atoms with Gasteiger partial charge in [-0.1, -0.05) is 22.9 Å². The lowest BCUT2D eigenvalue weighted by Gasteiger charge is -2.36. The SMILES string of the molecule is C=NCCN(C)C1CCN(c2nc(-c3cc(Cl)ccc3OC(F)F)c(NC(=O)c3cnn4cccnc34)s2)CC1. The van der Waals surface area contributed by atoms with Gasteiger partial charge in [0.25, 0.3) is 5.91 Å². The lowest BCUT2D eigenvalue weighted by Crippen LogP contribution is -2.44. The van der Waals surface area contributed by atoms with E-state index in [1.165, 1.54) is 40.2 Å². The number of likely N-dealkylation sites (N-methyl/N-ethyl adjacent to an activating group) is 1. The van der Waals surface area contributed by atoms with Crippen LogP contribution in [0.3, 0.4) is 0 Å². The monoisotopic (exact) mass is 588 g/mol. The molecule has 1 aromatic carbocycles. The first-order valence-electron chi connectivity index (χ1n) is 12.6. The maximum absolute atomic E-state index is 13.4. The molecule has 5 rings (SSSR count). The number of ether oxygens (including phenoxy) is 1. The molecule has 0 bridgehead atoms. The van der Waals surface area contributed by atoms with E-state index in [0.717, 1.165) is 32.5 Å². The molecule has 0 aliphatic carbocycles. The quantitative estimate of drug-likeness (QED) is 0.261. The fourth-order valence-corrected chi connectivity index (χ4v) is 5.86. The molecule has 0 atom stereocenters. The zero-order chi connectivity index (χ0) is 28.2. The lowest BCUT2D eigenvalue weighted by molar-refractivity contribution is -0.0494. The zero-order valence-electron chi connectivity index (χ0n) is 21.6. The number of benzene rings is 1. The molecule has 0 spiro atoms. The van der Waals surface area contributed by atoms with Crippen molar-refractivity contribution in [2.45, 2.75) is 25.5 Å². The molecule has 1 aliphatic rings. The fraction of sp³-hybridized carbons (Fsp3) is 0.346. The van der Waals surface area contributed by atoms with Gasteiger partial charge in [-0.15, -0.1) is 0 Å². The molecule has 1 saturated heterocycles. The van der Waals surface area contributed by atoms with Crippen molar-refractivity contribution < 1.29 is 18.3 Å². The first kappa shape index (κ1) is 27.9. The van der Waals surface area contributed by atoms with Gasteiger partial charge < -0.3 is 19.9 Å². The third-order valence-electron chi connectivity index (χ3n) is 6.75. The fourth-order valence-electron chi connectivity index (χ4n) is 4.66. The number of rotatable bonds is 10. The van der Waals surface area contributed by atoms with Gasteiger partial charge in [0.2, 0.25) is 0 Å². The molecule has 14 heteroatoms. The first-order valence-corrected chi connectivity index (χ1v) is 13.8. The third kappa shape index (κ3) is 6.06. The van der Waals surface area contributed by atoms with Gasteiger partial charge in [0, 0.05) is 48.7 Å². The molecular weight excluding hydrogens is 562 g/mol. The average molecular weight is 589 g/mol. The van der Waals surface area contributed by atoms with Gasteiger partial charge in [-0.25, -0.2) is 14.5 Å². The molecule has 210 valence electrons. The molecular formula is C26H27ClF2N8O2S. The highest BCUT2D eigenvalue weighted by atomic mass is 35.5. The van der Waals surface area contributed by atoms with E-state index in [0.29, 0.717) is 33.4 Å². The van der Waals surface area contributed by atoms with E-state index in [-0.39, 0.29) is 22.6 Å². The Balaban J connectivity index is 1.47. The maximum Gasteiger partial charge on any atom is 0.387 e. The van der Waals surface area contributed by atoms with E-state index in [9.17, 15) is 13.6 Å². The van der Waals surface area contributed by atoms with Crippen LogP contribution in [0.4, 0.5) is 18.9 Å². The van der Waals surface area contributed by atoms with Crippen molar-refractivity contribution in [3.63, 3.8) is 0 Å². The number of aliphatic imine (C=N–C) groups is 1. The van der Waals surface area contributed by atoms with Crippen LogP contribution >= 0.6 is 22.9 Å². The number of hydrogen-bond acceptors (Lipinski definition) is 9. The van der Waals surface area contributed by atoms with Crippen LogP contribution in [0, 0.1) is 0 Å².